The van der Waals surface area contributed by atoms with Crippen molar-refractivity contribution in [3.63, 3.8) is 0 Å². The van der Waals surface area contributed by atoms with Gasteiger partial charge in [0.05, 0.1) is 0 Å². The number of allylic oxidation sites excluding steroid dienone is 2. The highest BCUT2D eigenvalue weighted by atomic mass is 15.0. The molecule has 0 aromatic heterocycles. The normalized spacial score (nSPS) is 89.8. The smallest absolute Gasteiger partial charge is 0.0168 e. The van der Waals surface area contributed by atoms with Crippen molar-refractivity contribution in [2.45, 2.75) is 6.42 Å². The Morgan fingerprint density at radius 1 is 1.33 bits per heavy atom. The van der Waals surface area contributed by atoms with E-state index in [0.717, 1.165) is 5.41 Å². The molecule has 0 saturated heterocycles. The fourth-order valence-electron chi connectivity index (χ4n) is 4.98. The van der Waals surface area contributed by atoms with Crippen LogP contribution in [0.25, 0.3) is 0 Å². The van der Waals surface area contributed by atoms with Gasteiger partial charge < -0.3 is 0 Å². The molecule has 0 N–H and O–H groups in total. The Kier molecular flexibility index (Phi) is 0.190. The maximum atomic E-state index is 2.60. The van der Waals surface area contributed by atoms with Crippen LogP contribution in [0.2, 0.25) is 0 Å². The number of hydrogen-bond donors (Lipinski definition) is 0. The average molecular weight is 116 g/mol. The summed E-state index contributed by atoms with van der Waals surface area (Å²) in [5.41, 5.74) is 2.79. The Bertz CT molecular complexity index is 280. The molecule has 44 valence electrons. The lowest BCUT2D eigenvalue weighted by atomic mass is 9.46. The van der Waals surface area contributed by atoms with Crippen LogP contribution in [0.1, 0.15) is 6.42 Å². The molecule has 0 radical (unpaired) electrons. The van der Waals surface area contributed by atoms with Crippen LogP contribution in [0.15, 0.2) is 11.6 Å². The monoisotopic (exact) mass is 116 g/mol. The Hall–Kier alpha value is -0.260. The molecular formula is C9H8. The second-order valence-corrected chi connectivity index (χ2v) is 4.67. The van der Waals surface area contributed by atoms with E-state index in [2.05, 4.69) is 6.08 Å². The number of hydrogen-bond acceptors (Lipinski definition) is 0. The van der Waals surface area contributed by atoms with Gasteiger partial charge in [-0.2, -0.15) is 0 Å². The molecule has 5 unspecified atom stereocenters. The molecule has 0 aliphatic heterocycles. The van der Waals surface area contributed by atoms with Gasteiger partial charge in [-0.3, -0.25) is 0 Å². The molecule has 7 aliphatic rings. The van der Waals surface area contributed by atoms with Crippen molar-refractivity contribution in [1.29, 1.82) is 0 Å². The molecule has 6 bridgehead atoms. The molecular weight excluding hydrogens is 108 g/mol. The first-order valence-electron chi connectivity index (χ1n) is 4.18. The SMILES string of the molecule is C1=C2C3C4C5C[C@H]3C5C124. The fourth-order valence-corrected chi connectivity index (χ4v) is 4.98. The summed E-state index contributed by atoms with van der Waals surface area (Å²) >= 11 is 0. The summed E-state index contributed by atoms with van der Waals surface area (Å²) in [4.78, 5) is 0. The largest absolute Gasteiger partial charge is 0.0732 e. The van der Waals surface area contributed by atoms with Crippen LogP contribution in [-0.2, 0) is 0 Å². The molecule has 0 aromatic carbocycles. The summed E-state index contributed by atoms with van der Waals surface area (Å²) in [6, 6.07) is 0. The highest BCUT2D eigenvalue weighted by molar-refractivity contribution is 5.65. The van der Waals surface area contributed by atoms with E-state index in [4.69, 9.17) is 0 Å². The van der Waals surface area contributed by atoms with Gasteiger partial charge in [-0.05, 0) is 36.0 Å². The lowest BCUT2D eigenvalue weighted by Gasteiger charge is -2.56. The van der Waals surface area contributed by atoms with Crippen molar-refractivity contribution in [3.8, 4) is 0 Å². The molecule has 7 rings (SSSR count). The minimum atomic E-state index is 0.873. The van der Waals surface area contributed by atoms with E-state index in [0.29, 0.717) is 0 Å². The summed E-state index contributed by atoms with van der Waals surface area (Å²) in [6.07, 6.45) is 4.22. The molecule has 0 heterocycles. The molecule has 0 heteroatoms. The van der Waals surface area contributed by atoms with Crippen molar-refractivity contribution in [2.24, 2.45) is 35.0 Å². The van der Waals surface area contributed by atoms with E-state index in [9.17, 15) is 0 Å². The second kappa shape index (κ2) is 0.531. The molecule has 6 atom stereocenters. The van der Waals surface area contributed by atoms with Crippen molar-refractivity contribution >= 4 is 0 Å². The van der Waals surface area contributed by atoms with E-state index >= 15 is 0 Å². The number of rotatable bonds is 0. The minimum Gasteiger partial charge on any atom is -0.0732 e. The Morgan fingerprint density at radius 2 is 2.33 bits per heavy atom. The first kappa shape index (κ1) is 3.23. The highest BCUT2D eigenvalue weighted by Gasteiger charge is 2.93. The van der Waals surface area contributed by atoms with Gasteiger partial charge in [-0.15, -0.1) is 0 Å². The minimum absolute atomic E-state index is 0.873. The molecule has 7 aliphatic carbocycles. The predicted octanol–water partition coefficient (Wildman–Crippen LogP) is 1.44. The van der Waals surface area contributed by atoms with Crippen molar-refractivity contribution in [3.05, 3.63) is 11.6 Å². The molecule has 6 saturated carbocycles. The van der Waals surface area contributed by atoms with Crippen LogP contribution in [0.3, 0.4) is 0 Å². The van der Waals surface area contributed by atoms with Crippen LogP contribution in [0.4, 0.5) is 0 Å². The van der Waals surface area contributed by atoms with Gasteiger partial charge in [0, 0.05) is 5.41 Å². The van der Waals surface area contributed by atoms with Crippen LogP contribution >= 0.6 is 0 Å². The van der Waals surface area contributed by atoms with Crippen LogP contribution in [0, 0.1) is 35.0 Å². The van der Waals surface area contributed by atoms with Gasteiger partial charge in [0.1, 0.15) is 0 Å². The summed E-state index contributed by atoms with van der Waals surface area (Å²) in [6.45, 7) is 0. The average Bonchev–Trinajstić information content (AvgIpc) is 2.21. The maximum Gasteiger partial charge on any atom is 0.0168 e. The summed E-state index contributed by atoms with van der Waals surface area (Å²) in [7, 11) is 0. The highest BCUT2D eigenvalue weighted by Crippen LogP contribution is 2.98. The first-order valence-corrected chi connectivity index (χ1v) is 4.18. The standard InChI is InChI=1S/C9H8/c1-3-6-5-2-9(5)7(3)4(1)8(6)9/h2-4,6-8H,1H2/t3-,4?,6?,7?,8?,9?/m1/s1. The fraction of sp³-hybridized carbons (Fsp3) is 0.778. The zero-order chi connectivity index (χ0) is 5.38. The van der Waals surface area contributed by atoms with E-state index in [-0.39, 0.29) is 0 Å². The molecule has 6 fully saturated rings. The third-order valence-corrected chi connectivity index (χ3v) is 5.05. The third kappa shape index (κ3) is 0.107. The third-order valence-electron chi connectivity index (χ3n) is 5.05. The maximum absolute atomic E-state index is 2.60. The van der Waals surface area contributed by atoms with Crippen LogP contribution in [-0.4, -0.2) is 0 Å². The lowest BCUT2D eigenvalue weighted by Crippen LogP contribution is -2.53. The van der Waals surface area contributed by atoms with E-state index < -0.39 is 0 Å². The van der Waals surface area contributed by atoms with Crippen LogP contribution in [0.5, 0.6) is 0 Å². The van der Waals surface area contributed by atoms with E-state index in [1.54, 1.807) is 6.42 Å². The van der Waals surface area contributed by atoms with Crippen molar-refractivity contribution < 1.29 is 0 Å². The summed E-state index contributed by atoms with van der Waals surface area (Å²) < 4.78 is 0. The van der Waals surface area contributed by atoms with E-state index in [1.807, 2.05) is 5.57 Å². The molecule has 0 nitrogen and oxygen atoms in total. The predicted molar refractivity (Wildman–Crippen MR) is 32.6 cm³/mol. The zero-order valence-electron chi connectivity index (χ0n) is 5.17. The molecule has 9 heavy (non-hydrogen) atoms. The molecule has 1 spiro atoms. The summed E-state index contributed by atoms with van der Waals surface area (Å²) in [5, 5.41) is 0. The lowest BCUT2D eigenvalue weighted by molar-refractivity contribution is -0.0605. The van der Waals surface area contributed by atoms with Crippen LogP contribution < -0.4 is 0 Å². The topological polar surface area (TPSA) is 0 Å². The second-order valence-electron chi connectivity index (χ2n) is 4.67. The summed E-state index contributed by atoms with van der Waals surface area (Å²) in [5.74, 6) is 6.08. The quantitative estimate of drug-likeness (QED) is 0.420. The zero-order valence-corrected chi connectivity index (χ0v) is 5.17. The van der Waals surface area contributed by atoms with E-state index in [1.165, 1.54) is 29.6 Å². The molecule has 0 amide bonds. The van der Waals surface area contributed by atoms with Crippen molar-refractivity contribution in [1.82, 2.24) is 0 Å². The van der Waals surface area contributed by atoms with Gasteiger partial charge in [-0.1, -0.05) is 11.6 Å². The van der Waals surface area contributed by atoms with Gasteiger partial charge in [0.25, 0.3) is 0 Å². The first-order chi connectivity index (χ1) is 4.44. The van der Waals surface area contributed by atoms with Crippen molar-refractivity contribution in [2.75, 3.05) is 0 Å². The van der Waals surface area contributed by atoms with Gasteiger partial charge in [0.15, 0.2) is 0 Å². The molecule has 0 aromatic rings. The van der Waals surface area contributed by atoms with Gasteiger partial charge in [0.2, 0.25) is 0 Å². The Morgan fingerprint density at radius 3 is 2.89 bits per heavy atom. The van der Waals surface area contributed by atoms with Gasteiger partial charge in [-0.25, -0.2) is 0 Å². The Balaban J connectivity index is 2.03. The van der Waals surface area contributed by atoms with Gasteiger partial charge >= 0.3 is 0 Å². The Labute approximate surface area is 53.9 Å².